The van der Waals surface area contributed by atoms with Crippen LogP contribution in [-0.2, 0) is 11.4 Å². The van der Waals surface area contributed by atoms with Crippen LogP contribution in [0.2, 0.25) is 5.02 Å². The van der Waals surface area contributed by atoms with Gasteiger partial charge >= 0.3 is 0 Å². The second-order valence-corrected chi connectivity index (χ2v) is 8.67. The second-order valence-electron chi connectivity index (χ2n) is 6.96. The molecule has 0 aliphatic rings. The molecule has 2 rings (SSSR count). The molecule has 1 aromatic heterocycles. The van der Waals surface area contributed by atoms with Gasteiger partial charge in [0.25, 0.3) is 0 Å². The van der Waals surface area contributed by atoms with Crippen molar-refractivity contribution in [3.63, 3.8) is 0 Å². The van der Waals surface area contributed by atoms with Crippen molar-refractivity contribution >= 4 is 29.3 Å². The summed E-state index contributed by atoms with van der Waals surface area (Å²) < 4.78 is 5.72. The largest absolute Gasteiger partial charge is 0.486 e. The average Bonchev–Trinajstić information content (AvgIpc) is 3.02. The molecule has 1 aromatic carbocycles. The molecule has 0 aliphatic heterocycles. The van der Waals surface area contributed by atoms with E-state index in [1.807, 2.05) is 58.6 Å². The van der Waals surface area contributed by atoms with Gasteiger partial charge in [-0.1, -0.05) is 23.4 Å². The Morgan fingerprint density at radius 2 is 1.93 bits per heavy atom. The monoisotopic (exact) mass is 410 g/mol. The van der Waals surface area contributed by atoms with Gasteiger partial charge in [0.15, 0.2) is 5.82 Å². The summed E-state index contributed by atoms with van der Waals surface area (Å²) in [7, 11) is 0. The third kappa shape index (κ3) is 5.87. The van der Waals surface area contributed by atoms with E-state index in [1.165, 1.54) is 11.8 Å². The van der Waals surface area contributed by atoms with Gasteiger partial charge in [0.1, 0.15) is 12.4 Å². The van der Waals surface area contributed by atoms with Crippen molar-refractivity contribution in [2.45, 2.75) is 70.6 Å². The number of carbonyl (C=O) groups is 1. The Morgan fingerprint density at radius 3 is 2.52 bits per heavy atom. The van der Waals surface area contributed by atoms with Crippen LogP contribution in [0.4, 0.5) is 0 Å². The number of halogens is 1. The number of ether oxygens (including phenoxy) is 1. The highest BCUT2D eigenvalue weighted by Gasteiger charge is 2.26. The lowest BCUT2D eigenvalue weighted by atomic mass is 10.2. The lowest BCUT2D eigenvalue weighted by Gasteiger charge is -2.32. The minimum absolute atomic E-state index is 0.0873. The van der Waals surface area contributed by atoms with E-state index in [2.05, 4.69) is 15.2 Å². The van der Waals surface area contributed by atoms with E-state index in [0.717, 1.165) is 11.3 Å². The van der Waals surface area contributed by atoms with Crippen molar-refractivity contribution in [2.75, 3.05) is 0 Å². The lowest BCUT2D eigenvalue weighted by Crippen LogP contribution is -2.45. The molecular weight excluding hydrogens is 384 g/mol. The molecule has 148 valence electrons. The van der Waals surface area contributed by atoms with E-state index in [0.29, 0.717) is 16.0 Å². The van der Waals surface area contributed by atoms with Gasteiger partial charge in [0.05, 0.1) is 5.25 Å². The minimum Gasteiger partial charge on any atom is -0.486 e. The number of hydrogen-bond acceptors (Lipinski definition) is 5. The summed E-state index contributed by atoms with van der Waals surface area (Å²) in [5.41, 5.74) is 0.954. The third-order valence-electron chi connectivity index (χ3n) is 4.01. The highest BCUT2D eigenvalue weighted by molar-refractivity contribution is 8.00. The molecule has 27 heavy (non-hydrogen) atoms. The molecule has 0 unspecified atom stereocenters. The molecule has 0 saturated carbocycles. The molecule has 1 heterocycles. The molecule has 0 fully saturated rings. The topological polar surface area (TPSA) is 71.1 Å². The zero-order valence-electron chi connectivity index (χ0n) is 16.6. The molecule has 1 N–H and O–H groups in total. The highest BCUT2D eigenvalue weighted by atomic mass is 35.5. The first-order chi connectivity index (χ1) is 12.7. The number of aromatic nitrogens is 3. The lowest BCUT2D eigenvalue weighted by molar-refractivity contribution is -0.133. The van der Waals surface area contributed by atoms with E-state index < -0.39 is 0 Å². The van der Waals surface area contributed by atoms with Gasteiger partial charge in [-0.05, 0) is 65.3 Å². The van der Waals surface area contributed by atoms with Gasteiger partial charge in [-0.3, -0.25) is 9.89 Å². The maximum Gasteiger partial charge on any atom is 0.236 e. The van der Waals surface area contributed by atoms with Gasteiger partial charge in [0.2, 0.25) is 11.1 Å². The van der Waals surface area contributed by atoms with Crippen molar-refractivity contribution < 1.29 is 9.53 Å². The molecule has 8 heteroatoms. The summed E-state index contributed by atoms with van der Waals surface area (Å²) in [4.78, 5) is 19.0. The standard InChI is InChI=1S/C19H27ClN4O2S/c1-11(2)24(12(3)4)18(25)14(6)27-19-21-17(22-23-19)10-26-15-7-8-16(20)13(5)9-15/h7-9,11-12,14H,10H2,1-6H3,(H,21,22,23)/t14-/m1/s1. The molecule has 0 radical (unpaired) electrons. The maximum absolute atomic E-state index is 12.7. The number of thioether (sulfide) groups is 1. The number of amides is 1. The third-order valence-corrected chi connectivity index (χ3v) is 5.39. The van der Waals surface area contributed by atoms with Crippen LogP contribution in [0.1, 0.15) is 46.0 Å². The molecule has 0 bridgehead atoms. The summed E-state index contributed by atoms with van der Waals surface area (Å²) >= 11 is 7.36. The predicted octanol–water partition coefficient (Wildman–Crippen LogP) is 4.47. The van der Waals surface area contributed by atoms with Crippen LogP contribution in [0.15, 0.2) is 23.4 Å². The average molecular weight is 411 g/mol. The Morgan fingerprint density at radius 1 is 1.26 bits per heavy atom. The first kappa shape index (κ1) is 21.6. The second kappa shape index (κ2) is 9.46. The summed E-state index contributed by atoms with van der Waals surface area (Å²) in [5, 5.41) is 8.03. The van der Waals surface area contributed by atoms with Crippen LogP contribution >= 0.6 is 23.4 Å². The van der Waals surface area contributed by atoms with Gasteiger partial charge in [-0.15, -0.1) is 5.10 Å². The van der Waals surface area contributed by atoms with Crippen molar-refractivity contribution in [3.05, 3.63) is 34.6 Å². The molecule has 0 spiro atoms. The fourth-order valence-corrected chi connectivity index (χ4v) is 3.69. The molecule has 0 saturated heterocycles. The Hall–Kier alpha value is -1.73. The number of carbonyl (C=O) groups excluding carboxylic acids is 1. The maximum atomic E-state index is 12.7. The molecule has 6 nitrogen and oxygen atoms in total. The smallest absolute Gasteiger partial charge is 0.236 e. The molecule has 0 aliphatic carbocycles. The van der Waals surface area contributed by atoms with Gasteiger partial charge < -0.3 is 9.64 Å². The SMILES string of the molecule is Cc1cc(OCc2nc(S[C@H](C)C(=O)N(C(C)C)C(C)C)n[nH]2)ccc1Cl. The summed E-state index contributed by atoms with van der Waals surface area (Å²) in [5.74, 6) is 1.41. The molecular formula is C19H27ClN4O2S. The van der Waals surface area contributed by atoms with Crippen LogP contribution in [0.3, 0.4) is 0 Å². The zero-order valence-corrected chi connectivity index (χ0v) is 18.2. The summed E-state index contributed by atoms with van der Waals surface area (Å²) in [6.45, 7) is 12.2. The first-order valence-electron chi connectivity index (χ1n) is 8.98. The molecule has 2 aromatic rings. The number of nitrogens with one attached hydrogen (secondary N) is 1. The molecule has 1 atom stereocenters. The van der Waals surface area contributed by atoms with Crippen LogP contribution in [0, 0.1) is 6.92 Å². The van der Waals surface area contributed by atoms with Gasteiger partial charge in [0, 0.05) is 17.1 Å². The predicted molar refractivity (Wildman–Crippen MR) is 109 cm³/mol. The van der Waals surface area contributed by atoms with Crippen molar-refractivity contribution in [1.29, 1.82) is 0 Å². The number of nitrogens with zero attached hydrogens (tertiary/aromatic N) is 3. The number of hydrogen-bond donors (Lipinski definition) is 1. The van der Waals surface area contributed by atoms with Crippen molar-refractivity contribution in [3.8, 4) is 5.75 Å². The fourth-order valence-electron chi connectivity index (χ4n) is 2.78. The number of benzene rings is 1. The Balaban J connectivity index is 1.94. The van der Waals surface area contributed by atoms with E-state index >= 15 is 0 Å². The van der Waals surface area contributed by atoms with Crippen LogP contribution in [-0.4, -0.2) is 43.3 Å². The number of aromatic amines is 1. The number of rotatable bonds is 8. The molecule has 1 amide bonds. The Kier molecular flexibility index (Phi) is 7.56. The number of aryl methyl sites for hydroxylation is 1. The van der Waals surface area contributed by atoms with E-state index in [9.17, 15) is 4.79 Å². The van der Waals surface area contributed by atoms with E-state index in [4.69, 9.17) is 16.3 Å². The zero-order chi connectivity index (χ0) is 20.1. The highest BCUT2D eigenvalue weighted by Crippen LogP contribution is 2.24. The van der Waals surface area contributed by atoms with E-state index in [-0.39, 0.29) is 29.8 Å². The first-order valence-corrected chi connectivity index (χ1v) is 10.2. The van der Waals surface area contributed by atoms with Crippen LogP contribution in [0.25, 0.3) is 0 Å². The minimum atomic E-state index is -0.265. The quantitative estimate of drug-likeness (QED) is 0.650. The fraction of sp³-hybridized carbons (Fsp3) is 0.526. The van der Waals surface area contributed by atoms with Crippen molar-refractivity contribution in [1.82, 2.24) is 20.1 Å². The summed E-state index contributed by atoms with van der Waals surface area (Å²) in [6.07, 6.45) is 0. The van der Waals surface area contributed by atoms with Gasteiger partial charge in [-0.25, -0.2) is 4.98 Å². The van der Waals surface area contributed by atoms with Crippen LogP contribution in [0.5, 0.6) is 5.75 Å². The number of H-pyrrole nitrogens is 1. The van der Waals surface area contributed by atoms with Gasteiger partial charge in [-0.2, -0.15) is 0 Å². The normalized spacial score (nSPS) is 12.5. The Bertz CT molecular complexity index is 771. The Labute approximate surface area is 170 Å². The van der Waals surface area contributed by atoms with Crippen LogP contribution < -0.4 is 4.74 Å². The van der Waals surface area contributed by atoms with Crippen molar-refractivity contribution in [2.24, 2.45) is 0 Å². The summed E-state index contributed by atoms with van der Waals surface area (Å²) in [6, 6.07) is 5.80. The van der Waals surface area contributed by atoms with E-state index in [1.54, 1.807) is 6.07 Å².